The topological polar surface area (TPSA) is 41.6 Å². The van der Waals surface area contributed by atoms with Gasteiger partial charge in [0, 0.05) is 19.1 Å². The van der Waals surface area contributed by atoms with Crippen LogP contribution in [0.25, 0.3) is 0 Å². The molecule has 0 aromatic rings. The number of nitrogens with one attached hydrogen (secondary N) is 1. The van der Waals surface area contributed by atoms with Crippen LogP contribution in [0.4, 0.5) is 0 Å². The summed E-state index contributed by atoms with van der Waals surface area (Å²) in [6.45, 7) is 4.20. The summed E-state index contributed by atoms with van der Waals surface area (Å²) in [4.78, 5) is 14.0. The number of nitrogens with zero attached hydrogens (tertiary/aromatic N) is 1. The van der Waals surface area contributed by atoms with Gasteiger partial charge in [0.1, 0.15) is 0 Å². The molecule has 0 radical (unpaired) electrons. The highest BCUT2D eigenvalue weighted by Crippen LogP contribution is 2.28. The molecule has 2 rings (SSSR count). The zero-order valence-corrected chi connectivity index (χ0v) is 9.53. The van der Waals surface area contributed by atoms with Gasteiger partial charge in [-0.25, -0.2) is 0 Å². The van der Waals surface area contributed by atoms with Crippen LogP contribution in [-0.4, -0.2) is 49.7 Å². The smallest absolute Gasteiger partial charge is 0.229 e. The summed E-state index contributed by atoms with van der Waals surface area (Å²) in [5.41, 5.74) is 0. The van der Waals surface area contributed by atoms with Crippen LogP contribution in [0, 0.1) is 5.92 Å². The van der Waals surface area contributed by atoms with Crippen LogP contribution in [0.5, 0.6) is 0 Å². The number of ether oxygens (including phenoxy) is 1. The molecule has 2 aliphatic rings. The Balaban J connectivity index is 1.92. The van der Waals surface area contributed by atoms with Crippen LogP contribution in [0.1, 0.15) is 19.8 Å². The molecule has 1 aliphatic heterocycles. The predicted octanol–water partition coefficient (Wildman–Crippen LogP) is 0.232. The summed E-state index contributed by atoms with van der Waals surface area (Å²) in [6, 6.07) is 0.712. The zero-order valence-electron chi connectivity index (χ0n) is 9.53. The normalized spacial score (nSPS) is 30.5. The second-order valence-electron chi connectivity index (χ2n) is 4.49. The van der Waals surface area contributed by atoms with Gasteiger partial charge in [0.25, 0.3) is 0 Å². The minimum absolute atomic E-state index is 0.0237. The fraction of sp³-hybridized carbons (Fsp3) is 0.909. The lowest BCUT2D eigenvalue weighted by atomic mass is 10.0. The van der Waals surface area contributed by atoms with Gasteiger partial charge in [-0.3, -0.25) is 4.79 Å². The average Bonchev–Trinajstić information content (AvgIpc) is 2.98. The first-order valence-corrected chi connectivity index (χ1v) is 5.81. The molecule has 0 aromatic heterocycles. The first kappa shape index (κ1) is 10.9. The standard InChI is InChI=1S/C11H20N2O2/c1-3-12-10-7-15-6-9(10)11(14)13(2)8-4-5-8/h8-10,12H,3-7H2,1-2H3. The highest BCUT2D eigenvalue weighted by molar-refractivity contribution is 5.80. The highest BCUT2D eigenvalue weighted by atomic mass is 16.5. The molecule has 0 spiro atoms. The van der Waals surface area contributed by atoms with E-state index in [2.05, 4.69) is 12.2 Å². The van der Waals surface area contributed by atoms with Crippen LogP contribution < -0.4 is 5.32 Å². The third kappa shape index (κ3) is 2.32. The first-order chi connectivity index (χ1) is 7.24. The van der Waals surface area contributed by atoms with E-state index in [0.29, 0.717) is 19.3 Å². The minimum atomic E-state index is 0.0237. The lowest BCUT2D eigenvalue weighted by Gasteiger charge is -2.24. The van der Waals surface area contributed by atoms with E-state index in [1.165, 1.54) is 12.8 Å². The summed E-state index contributed by atoms with van der Waals surface area (Å²) in [5.74, 6) is 0.275. The lowest BCUT2D eigenvalue weighted by molar-refractivity contribution is -0.135. The summed E-state index contributed by atoms with van der Waals surface area (Å²) in [7, 11) is 1.92. The van der Waals surface area contributed by atoms with Crippen molar-refractivity contribution >= 4 is 5.91 Å². The Bertz CT molecular complexity index is 241. The molecule has 1 saturated heterocycles. The van der Waals surface area contributed by atoms with Crippen molar-refractivity contribution in [2.24, 2.45) is 5.92 Å². The van der Waals surface area contributed by atoms with Crippen molar-refractivity contribution in [3.8, 4) is 0 Å². The maximum absolute atomic E-state index is 12.1. The summed E-state index contributed by atoms with van der Waals surface area (Å²) in [6.07, 6.45) is 2.34. The number of rotatable bonds is 4. The molecule has 0 aromatic carbocycles. The Hall–Kier alpha value is -0.610. The van der Waals surface area contributed by atoms with Crippen LogP contribution in [0.3, 0.4) is 0 Å². The largest absolute Gasteiger partial charge is 0.379 e. The molecule has 4 nitrogen and oxygen atoms in total. The van der Waals surface area contributed by atoms with Gasteiger partial charge < -0.3 is 15.0 Å². The van der Waals surface area contributed by atoms with Crippen molar-refractivity contribution in [3.63, 3.8) is 0 Å². The quantitative estimate of drug-likeness (QED) is 0.725. The van der Waals surface area contributed by atoms with Gasteiger partial charge in [0.2, 0.25) is 5.91 Å². The van der Waals surface area contributed by atoms with Crippen LogP contribution >= 0.6 is 0 Å². The second-order valence-corrected chi connectivity index (χ2v) is 4.49. The fourth-order valence-corrected chi connectivity index (χ4v) is 2.16. The van der Waals surface area contributed by atoms with Crippen molar-refractivity contribution < 1.29 is 9.53 Å². The second kappa shape index (κ2) is 4.49. The van der Waals surface area contributed by atoms with E-state index in [1.807, 2.05) is 11.9 Å². The molecule has 1 N–H and O–H groups in total. The molecule has 86 valence electrons. The van der Waals surface area contributed by atoms with Crippen LogP contribution in [0.15, 0.2) is 0 Å². The van der Waals surface area contributed by atoms with Crippen molar-refractivity contribution in [1.82, 2.24) is 10.2 Å². The molecule has 15 heavy (non-hydrogen) atoms. The molecule has 1 amide bonds. The van der Waals surface area contributed by atoms with E-state index in [9.17, 15) is 4.79 Å². The maximum Gasteiger partial charge on any atom is 0.229 e. The van der Waals surface area contributed by atoms with Crippen molar-refractivity contribution in [2.75, 3.05) is 26.8 Å². The summed E-state index contributed by atoms with van der Waals surface area (Å²) < 4.78 is 5.38. The first-order valence-electron chi connectivity index (χ1n) is 5.81. The van der Waals surface area contributed by atoms with Gasteiger partial charge in [-0.15, -0.1) is 0 Å². The maximum atomic E-state index is 12.1. The lowest BCUT2D eigenvalue weighted by Crippen LogP contribution is -2.45. The van der Waals surface area contributed by atoms with E-state index in [1.54, 1.807) is 0 Å². The summed E-state index contributed by atoms with van der Waals surface area (Å²) in [5, 5.41) is 3.32. The van der Waals surface area contributed by atoms with Gasteiger partial charge in [-0.05, 0) is 19.4 Å². The molecular weight excluding hydrogens is 192 g/mol. The SMILES string of the molecule is CCNC1COCC1C(=O)N(C)C1CC1. The number of hydrogen-bond acceptors (Lipinski definition) is 3. The summed E-state index contributed by atoms with van der Waals surface area (Å²) >= 11 is 0. The van der Waals surface area contributed by atoms with Crippen LogP contribution in [-0.2, 0) is 9.53 Å². The molecule has 1 aliphatic carbocycles. The molecule has 1 heterocycles. The number of likely N-dealkylation sites (N-methyl/N-ethyl adjacent to an activating group) is 1. The van der Waals surface area contributed by atoms with Crippen molar-refractivity contribution in [2.45, 2.75) is 31.8 Å². The average molecular weight is 212 g/mol. The van der Waals surface area contributed by atoms with E-state index >= 15 is 0 Å². The number of carbonyl (C=O) groups excluding carboxylic acids is 1. The highest BCUT2D eigenvalue weighted by Gasteiger charge is 2.39. The zero-order chi connectivity index (χ0) is 10.8. The molecule has 1 saturated carbocycles. The van der Waals surface area contributed by atoms with Gasteiger partial charge in [0.15, 0.2) is 0 Å². The number of hydrogen-bond donors (Lipinski definition) is 1. The minimum Gasteiger partial charge on any atom is -0.379 e. The number of carbonyl (C=O) groups is 1. The molecule has 0 bridgehead atoms. The predicted molar refractivity (Wildman–Crippen MR) is 57.6 cm³/mol. The van der Waals surface area contributed by atoms with Crippen LogP contribution in [0.2, 0.25) is 0 Å². The Morgan fingerprint density at radius 3 is 2.80 bits per heavy atom. The molecule has 4 heteroatoms. The Morgan fingerprint density at radius 1 is 1.47 bits per heavy atom. The van der Waals surface area contributed by atoms with Gasteiger partial charge >= 0.3 is 0 Å². The van der Waals surface area contributed by atoms with Gasteiger partial charge in [0.05, 0.1) is 19.1 Å². The molecular formula is C11H20N2O2. The van der Waals surface area contributed by atoms with E-state index in [4.69, 9.17) is 4.74 Å². The van der Waals surface area contributed by atoms with Gasteiger partial charge in [-0.1, -0.05) is 6.92 Å². The van der Waals surface area contributed by atoms with Crippen molar-refractivity contribution in [1.29, 1.82) is 0 Å². The van der Waals surface area contributed by atoms with Crippen molar-refractivity contribution in [3.05, 3.63) is 0 Å². The molecule has 2 fully saturated rings. The molecule has 2 atom stereocenters. The fourth-order valence-electron chi connectivity index (χ4n) is 2.16. The van der Waals surface area contributed by atoms with E-state index < -0.39 is 0 Å². The van der Waals surface area contributed by atoms with E-state index in [-0.39, 0.29) is 17.9 Å². The van der Waals surface area contributed by atoms with Gasteiger partial charge in [-0.2, -0.15) is 0 Å². The third-order valence-corrected chi connectivity index (χ3v) is 3.31. The number of amides is 1. The molecule has 2 unspecified atom stereocenters. The monoisotopic (exact) mass is 212 g/mol. The van der Waals surface area contributed by atoms with E-state index in [0.717, 1.165) is 6.54 Å². The third-order valence-electron chi connectivity index (χ3n) is 3.31. The Kier molecular flexibility index (Phi) is 3.26. The Morgan fingerprint density at radius 2 is 2.20 bits per heavy atom. The Labute approximate surface area is 91.0 Å².